The molecule has 0 saturated heterocycles. The first-order chi connectivity index (χ1) is 13.1. The van der Waals surface area contributed by atoms with Crippen LogP contribution in [-0.2, 0) is 4.79 Å². The molecule has 0 aromatic heterocycles. The van der Waals surface area contributed by atoms with Crippen molar-refractivity contribution in [2.24, 2.45) is 5.10 Å². The maximum absolute atomic E-state index is 12.9. The number of nitrogens with zero attached hydrogens (tertiary/aromatic N) is 2. The number of hydrogen-bond acceptors (Lipinski definition) is 3. The van der Waals surface area contributed by atoms with Gasteiger partial charge in [0.05, 0.1) is 22.5 Å². The highest BCUT2D eigenvalue weighted by Crippen LogP contribution is 2.26. The van der Waals surface area contributed by atoms with E-state index >= 15 is 0 Å². The smallest absolute Gasteiger partial charge is 0.335 e. The largest absolute Gasteiger partial charge is 0.478 e. The van der Waals surface area contributed by atoms with Crippen molar-refractivity contribution in [3.05, 3.63) is 83.4 Å². The molecule has 0 aliphatic carbocycles. The molecule has 0 fully saturated rings. The van der Waals surface area contributed by atoms with E-state index in [9.17, 15) is 14.7 Å². The zero-order valence-electron chi connectivity index (χ0n) is 15.0. The molecule has 1 heterocycles. The van der Waals surface area contributed by atoms with E-state index in [0.29, 0.717) is 23.4 Å². The van der Waals surface area contributed by atoms with Crippen LogP contribution in [0.25, 0.3) is 6.08 Å². The fourth-order valence-corrected chi connectivity index (χ4v) is 2.81. The van der Waals surface area contributed by atoms with E-state index in [-0.39, 0.29) is 11.5 Å². The third-order valence-electron chi connectivity index (χ3n) is 4.13. The molecule has 0 saturated carbocycles. The first kappa shape index (κ1) is 18.3. The van der Waals surface area contributed by atoms with Gasteiger partial charge in [0, 0.05) is 0 Å². The number of allylic oxidation sites excluding steroid dienone is 2. The lowest BCUT2D eigenvalue weighted by molar-refractivity contribution is -0.114. The van der Waals surface area contributed by atoms with Crippen LogP contribution < -0.4 is 5.01 Å². The molecule has 2 aromatic rings. The normalized spacial score (nSPS) is 15.6. The molecule has 1 amide bonds. The molecule has 2 aromatic carbocycles. The van der Waals surface area contributed by atoms with Crippen LogP contribution in [0.3, 0.4) is 0 Å². The van der Waals surface area contributed by atoms with Crippen molar-refractivity contribution in [1.29, 1.82) is 0 Å². The van der Waals surface area contributed by atoms with E-state index in [1.165, 1.54) is 17.1 Å². The van der Waals surface area contributed by atoms with Crippen LogP contribution in [0, 0.1) is 0 Å². The topological polar surface area (TPSA) is 70.0 Å². The summed E-state index contributed by atoms with van der Waals surface area (Å²) in [5.41, 5.74) is 2.85. The minimum absolute atomic E-state index is 0.119. The average molecular weight is 360 g/mol. The van der Waals surface area contributed by atoms with Crippen LogP contribution in [0.2, 0.25) is 0 Å². The summed E-state index contributed by atoms with van der Waals surface area (Å²) in [6.45, 7) is 2.03. The maximum Gasteiger partial charge on any atom is 0.335 e. The summed E-state index contributed by atoms with van der Waals surface area (Å²) in [4.78, 5) is 24.1. The van der Waals surface area contributed by atoms with Gasteiger partial charge in [-0.05, 0) is 36.3 Å². The van der Waals surface area contributed by atoms with E-state index < -0.39 is 5.97 Å². The van der Waals surface area contributed by atoms with E-state index in [2.05, 4.69) is 5.10 Å². The fourth-order valence-electron chi connectivity index (χ4n) is 2.81. The predicted octanol–water partition coefficient (Wildman–Crippen LogP) is 4.53. The first-order valence-corrected chi connectivity index (χ1v) is 8.79. The number of aromatic carboxylic acids is 1. The summed E-state index contributed by atoms with van der Waals surface area (Å²) in [5.74, 6) is -1.29. The van der Waals surface area contributed by atoms with Gasteiger partial charge in [-0.25, -0.2) is 4.79 Å². The van der Waals surface area contributed by atoms with Crippen LogP contribution in [-0.4, -0.2) is 22.7 Å². The fraction of sp³-hybridized carbons (Fsp3) is 0.136. The molecule has 3 rings (SSSR count). The molecule has 1 N–H and O–H groups in total. The first-order valence-electron chi connectivity index (χ1n) is 8.79. The van der Waals surface area contributed by atoms with Crippen molar-refractivity contribution < 1.29 is 14.7 Å². The molecule has 0 spiro atoms. The minimum atomic E-state index is -1.04. The Morgan fingerprint density at radius 3 is 2.63 bits per heavy atom. The Balaban J connectivity index is 1.90. The number of carboxylic acid groups (broad SMARTS) is 1. The molecule has 5 heteroatoms. The van der Waals surface area contributed by atoms with Crippen LogP contribution in [0.1, 0.15) is 35.7 Å². The van der Waals surface area contributed by atoms with Gasteiger partial charge in [0.25, 0.3) is 5.91 Å². The standard InChI is InChI=1S/C22H20N2O3/c1-2-8-20-19(14-6-11-16-9-4-3-5-10-16)21(25)24(23-20)18-13-7-12-17(15-18)22(26)27/h3-7,9-15H,2,8H2,1H3,(H,26,27). The quantitative estimate of drug-likeness (QED) is 0.770. The van der Waals surface area contributed by atoms with Crippen LogP contribution >= 0.6 is 0 Å². The molecule has 136 valence electrons. The Morgan fingerprint density at radius 1 is 1.15 bits per heavy atom. The number of rotatable bonds is 6. The number of carboxylic acids is 1. The number of amides is 1. The van der Waals surface area contributed by atoms with Crippen molar-refractivity contribution in [2.45, 2.75) is 19.8 Å². The van der Waals surface area contributed by atoms with E-state index in [4.69, 9.17) is 0 Å². The molecule has 1 aliphatic heterocycles. The summed E-state index contributed by atoms with van der Waals surface area (Å²) < 4.78 is 0. The van der Waals surface area contributed by atoms with Gasteiger partial charge in [0.1, 0.15) is 0 Å². The Kier molecular flexibility index (Phi) is 5.61. The van der Waals surface area contributed by atoms with Crippen LogP contribution in [0.5, 0.6) is 0 Å². The molecule has 27 heavy (non-hydrogen) atoms. The lowest BCUT2D eigenvalue weighted by atomic mass is 10.1. The number of anilines is 1. The molecule has 1 aliphatic rings. The minimum Gasteiger partial charge on any atom is -0.478 e. The predicted molar refractivity (Wildman–Crippen MR) is 107 cm³/mol. The Labute approximate surface area is 157 Å². The second-order valence-electron chi connectivity index (χ2n) is 6.12. The maximum atomic E-state index is 12.9. The zero-order chi connectivity index (χ0) is 19.2. The van der Waals surface area contributed by atoms with Crippen molar-refractivity contribution >= 4 is 29.4 Å². The number of benzene rings is 2. The summed E-state index contributed by atoms with van der Waals surface area (Å²) in [7, 11) is 0. The van der Waals surface area contributed by atoms with Crippen molar-refractivity contribution in [3.8, 4) is 0 Å². The van der Waals surface area contributed by atoms with Gasteiger partial charge < -0.3 is 5.11 Å². The SMILES string of the molecule is CCCC1=NN(c2cccc(C(=O)O)c2)C(=O)C1=CC=Cc1ccccc1. The molecule has 5 nitrogen and oxygen atoms in total. The Hall–Kier alpha value is -3.47. The van der Waals surface area contributed by atoms with E-state index in [0.717, 1.165) is 12.0 Å². The highest BCUT2D eigenvalue weighted by molar-refractivity contribution is 6.30. The second-order valence-corrected chi connectivity index (χ2v) is 6.12. The molecular weight excluding hydrogens is 340 g/mol. The molecular formula is C22H20N2O3. The zero-order valence-corrected chi connectivity index (χ0v) is 15.0. The number of hydrogen-bond donors (Lipinski definition) is 1. The number of carbonyl (C=O) groups is 2. The summed E-state index contributed by atoms with van der Waals surface area (Å²) >= 11 is 0. The van der Waals surface area contributed by atoms with Gasteiger partial charge >= 0.3 is 5.97 Å². The van der Waals surface area contributed by atoms with Crippen molar-refractivity contribution in [2.75, 3.05) is 5.01 Å². The van der Waals surface area contributed by atoms with Gasteiger partial charge in [-0.15, -0.1) is 0 Å². The summed E-state index contributed by atoms with van der Waals surface area (Å²) in [6, 6.07) is 16.1. The van der Waals surface area contributed by atoms with Gasteiger partial charge in [-0.3, -0.25) is 4.79 Å². The average Bonchev–Trinajstić information content (AvgIpc) is 2.99. The van der Waals surface area contributed by atoms with Crippen LogP contribution in [0.15, 0.2) is 77.4 Å². The molecule has 0 atom stereocenters. The van der Waals surface area contributed by atoms with E-state index in [1.54, 1.807) is 18.2 Å². The third kappa shape index (κ3) is 4.20. The van der Waals surface area contributed by atoms with Crippen LogP contribution in [0.4, 0.5) is 5.69 Å². The van der Waals surface area contributed by atoms with Gasteiger partial charge in [-0.1, -0.05) is 61.9 Å². The summed E-state index contributed by atoms with van der Waals surface area (Å²) in [6.07, 6.45) is 7.06. The highest BCUT2D eigenvalue weighted by Gasteiger charge is 2.30. The number of carbonyl (C=O) groups excluding carboxylic acids is 1. The van der Waals surface area contributed by atoms with Crippen molar-refractivity contribution in [1.82, 2.24) is 0 Å². The van der Waals surface area contributed by atoms with Crippen molar-refractivity contribution in [3.63, 3.8) is 0 Å². The molecule has 0 unspecified atom stereocenters. The monoisotopic (exact) mass is 360 g/mol. The van der Waals surface area contributed by atoms with Gasteiger partial charge in [-0.2, -0.15) is 10.1 Å². The second kappa shape index (κ2) is 8.27. The Bertz CT molecular complexity index is 943. The van der Waals surface area contributed by atoms with Gasteiger partial charge in [0.2, 0.25) is 0 Å². The lowest BCUT2D eigenvalue weighted by Gasteiger charge is -2.12. The van der Waals surface area contributed by atoms with Gasteiger partial charge in [0.15, 0.2) is 0 Å². The number of hydrazone groups is 1. The molecule has 0 radical (unpaired) electrons. The third-order valence-corrected chi connectivity index (χ3v) is 4.13. The summed E-state index contributed by atoms with van der Waals surface area (Å²) in [5, 5.41) is 14.9. The van der Waals surface area contributed by atoms with E-state index in [1.807, 2.05) is 49.4 Å². The lowest BCUT2D eigenvalue weighted by Crippen LogP contribution is -2.21. The Morgan fingerprint density at radius 2 is 1.93 bits per heavy atom. The highest BCUT2D eigenvalue weighted by atomic mass is 16.4. The molecule has 0 bridgehead atoms.